The number of likely N-dealkylation sites (N-methyl/N-ethyl adjacent to an activating group) is 1. The van der Waals surface area contributed by atoms with E-state index in [-0.39, 0.29) is 6.04 Å². The SMILES string of the molecule is CCNCC(N)c1cccc(C)c1. The Morgan fingerprint density at radius 1 is 1.46 bits per heavy atom. The number of hydrogen-bond acceptors (Lipinski definition) is 2. The number of benzene rings is 1. The topological polar surface area (TPSA) is 38.0 Å². The Balaban J connectivity index is 2.60. The molecule has 2 heteroatoms. The predicted molar refractivity (Wildman–Crippen MR) is 56.7 cm³/mol. The van der Waals surface area contributed by atoms with Crippen LogP contribution in [-0.4, -0.2) is 13.1 Å². The molecule has 0 radical (unpaired) electrons. The van der Waals surface area contributed by atoms with Gasteiger partial charge in [0.1, 0.15) is 0 Å². The van der Waals surface area contributed by atoms with Gasteiger partial charge >= 0.3 is 0 Å². The summed E-state index contributed by atoms with van der Waals surface area (Å²) in [6, 6.07) is 8.47. The van der Waals surface area contributed by atoms with E-state index < -0.39 is 0 Å². The summed E-state index contributed by atoms with van der Waals surface area (Å²) >= 11 is 0. The molecule has 13 heavy (non-hydrogen) atoms. The van der Waals surface area contributed by atoms with Gasteiger partial charge in [-0.15, -0.1) is 0 Å². The zero-order chi connectivity index (χ0) is 9.68. The number of aryl methyl sites for hydroxylation is 1. The van der Waals surface area contributed by atoms with Crippen LogP contribution in [0.2, 0.25) is 0 Å². The highest BCUT2D eigenvalue weighted by molar-refractivity contribution is 5.24. The fourth-order valence-corrected chi connectivity index (χ4v) is 1.32. The lowest BCUT2D eigenvalue weighted by molar-refractivity contribution is 0.615. The molecule has 1 atom stereocenters. The number of nitrogens with one attached hydrogen (secondary N) is 1. The van der Waals surface area contributed by atoms with E-state index in [2.05, 4.69) is 43.4 Å². The van der Waals surface area contributed by atoms with Gasteiger partial charge < -0.3 is 11.1 Å². The van der Waals surface area contributed by atoms with Gasteiger partial charge in [0.2, 0.25) is 0 Å². The first-order chi connectivity index (χ1) is 6.24. The lowest BCUT2D eigenvalue weighted by Gasteiger charge is -2.12. The molecule has 1 unspecified atom stereocenters. The molecule has 72 valence electrons. The van der Waals surface area contributed by atoms with Gasteiger partial charge in [-0.2, -0.15) is 0 Å². The van der Waals surface area contributed by atoms with Gasteiger partial charge in [0.25, 0.3) is 0 Å². The van der Waals surface area contributed by atoms with Crippen molar-refractivity contribution >= 4 is 0 Å². The van der Waals surface area contributed by atoms with Crippen LogP contribution in [0.25, 0.3) is 0 Å². The van der Waals surface area contributed by atoms with Crippen molar-refractivity contribution in [2.45, 2.75) is 19.9 Å². The van der Waals surface area contributed by atoms with Gasteiger partial charge in [-0.05, 0) is 19.0 Å². The monoisotopic (exact) mass is 178 g/mol. The largest absolute Gasteiger partial charge is 0.323 e. The Bertz CT molecular complexity index is 258. The van der Waals surface area contributed by atoms with Gasteiger partial charge in [-0.1, -0.05) is 36.8 Å². The summed E-state index contributed by atoms with van der Waals surface area (Å²) < 4.78 is 0. The maximum Gasteiger partial charge on any atom is 0.0421 e. The molecule has 0 saturated carbocycles. The minimum absolute atomic E-state index is 0.111. The van der Waals surface area contributed by atoms with E-state index in [1.807, 2.05) is 0 Å². The Morgan fingerprint density at radius 3 is 2.85 bits per heavy atom. The lowest BCUT2D eigenvalue weighted by atomic mass is 10.1. The normalized spacial score (nSPS) is 12.8. The van der Waals surface area contributed by atoms with Crippen molar-refractivity contribution in [3.8, 4) is 0 Å². The van der Waals surface area contributed by atoms with Gasteiger partial charge in [-0.25, -0.2) is 0 Å². The third-order valence-corrected chi connectivity index (χ3v) is 2.08. The van der Waals surface area contributed by atoms with Gasteiger partial charge in [-0.3, -0.25) is 0 Å². The second-order valence-electron chi connectivity index (χ2n) is 3.33. The summed E-state index contributed by atoms with van der Waals surface area (Å²) in [5, 5.41) is 3.24. The molecule has 0 aliphatic heterocycles. The van der Waals surface area contributed by atoms with Crippen molar-refractivity contribution in [1.29, 1.82) is 0 Å². The van der Waals surface area contributed by atoms with Crippen LogP contribution in [0, 0.1) is 6.92 Å². The van der Waals surface area contributed by atoms with E-state index in [4.69, 9.17) is 5.73 Å². The highest BCUT2D eigenvalue weighted by atomic mass is 14.9. The molecule has 1 aromatic rings. The molecule has 2 nitrogen and oxygen atoms in total. The van der Waals surface area contributed by atoms with Gasteiger partial charge in [0.05, 0.1) is 0 Å². The highest BCUT2D eigenvalue weighted by Crippen LogP contribution is 2.10. The predicted octanol–water partition coefficient (Wildman–Crippen LogP) is 1.60. The van der Waals surface area contributed by atoms with E-state index in [0.29, 0.717) is 0 Å². The van der Waals surface area contributed by atoms with Crippen LogP contribution in [0.1, 0.15) is 24.1 Å². The molecule has 3 N–H and O–H groups in total. The molecule has 0 saturated heterocycles. The summed E-state index contributed by atoms with van der Waals surface area (Å²) in [5.74, 6) is 0. The maximum atomic E-state index is 5.99. The van der Waals surface area contributed by atoms with E-state index in [0.717, 1.165) is 13.1 Å². The number of hydrogen-bond donors (Lipinski definition) is 2. The van der Waals surface area contributed by atoms with Crippen molar-refractivity contribution < 1.29 is 0 Å². The summed E-state index contributed by atoms with van der Waals surface area (Å²) in [6.45, 7) is 5.99. The van der Waals surface area contributed by atoms with Crippen molar-refractivity contribution in [3.63, 3.8) is 0 Å². The van der Waals surface area contributed by atoms with Gasteiger partial charge in [0.15, 0.2) is 0 Å². The average Bonchev–Trinajstić information content (AvgIpc) is 2.14. The van der Waals surface area contributed by atoms with Crippen LogP contribution in [0.5, 0.6) is 0 Å². The van der Waals surface area contributed by atoms with Crippen LogP contribution >= 0.6 is 0 Å². The van der Waals surface area contributed by atoms with Crippen molar-refractivity contribution in [2.75, 3.05) is 13.1 Å². The van der Waals surface area contributed by atoms with Crippen LogP contribution in [0.15, 0.2) is 24.3 Å². The van der Waals surface area contributed by atoms with E-state index >= 15 is 0 Å². The summed E-state index contributed by atoms with van der Waals surface area (Å²) in [5.41, 5.74) is 8.46. The molecule has 0 aliphatic rings. The minimum Gasteiger partial charge on any atom is -0.323 e. The Labute approximate surface area is 80.1 Å². The highest BCUT2D eigenvalue weighted by Gasteiger charge is 2.03. The summed E-state index contributed by atoms with van der Waals surface area (Å²) in [7, 11) is 0. The molecule has 0 aromatic heterocycles. The molecular weight excluding hydrogens is 160 g/mol. The Hall–Kier alpha value is -0.860. The number of nitrogens with two attached hydrogens (primary N) is 1. The first-order valence-corrected chi connectivity index (χ1v) is 4.77. The van der Waals surface area contributed by atoms with Crippen LogP contribution in [0.3, 0.4) is 0 Å². The Morgan fingerprint density at radius 2 is 2.23 bits per heavy atom. The molecule has 0 spiro atoms. The molecule has 0 amide bonds. The molecule has 0 aliphatic carbocycles. The second-order valence-corrected chi connectivity index (χ2v) is 3.33. The average molecular weight is 178 g/mol. The first kappa shape index (κ1) is 10.2. The van der Waals surface area contributed by atoms with E-state index in [1.54, 1.807) is 0 Å². The second kappa shape index (κ2) is 5.00. The van der Waals surface area contributed by atoms with Crippen LogP contribution in [-0.2, 0) is 0 Å². The van der Waals surface area contributed by atoms with Crippen LogP contribution in [0.4, 0.5) is 0 Å². The third kappa shape index (κ3) is 3.17. The van der Waals surface area contributed by atoms with Crippen molar-refractivity contribution in [3.05, 3.63) is 35.4 Å². The molecular formula is C11H18N2. The Kier molecular flexibility index (Phi) is 3.93. The molecule has 1 aromatic carbocycles. The van der Waals surface area contributed by atoms with E-state index in [1.165, 1.54) is 11.1 Å². The van der Waals surface area contributed by atoms with Gasteiger partial charge in [0, 0.05) is 12.6 Å². The van der Waals surface area contributed by atoms with Crippen molar-refractivity contribution in [2.24, 2.45) is 5.73 Å². The zero-order valence-corrected chi connectivity index (χ0v) is 8.38. The zero-order valence-electron chi connectivity index (χ0n) is 8.38. The standard InChI is InChI=1S/C11H18N2/c1-3-13-8-11(12)10-6-4-5-9(2)7-10/h4-7,11,13H,3,8,12H2,1-2H3. The smallest absolute Gasteiger partial charge is 0.0421 e. The lowest BCUT2D eigenvalue weighted by Crippen LogP contribution is -2.26. The first-order valence-electron chi connectivity index (χ1n) is 4.77. The summed E-state index contributed by atoms with van der Waals surface area (Å²) in [4.78, 5) is 0. The molecule has 0 fully saturated rings. The maximum absolute atomic E-state index is 5.99. The quantitative estimate of drug-likeness (QED) is 0.735. The van der Waals surface area contributed by atoms with E-state index in [9.17, 15) is 0 Å². The third-order valence-electron chi connectivity index (χ3n) is 2.08. The fraction of sp³-hybridized carbons (Fsp3) is 0.455. The van der Waals surface area contributed by atoms with Crippen molar-refractivity contribution in [1.82, 2.24) is 5.32 Å². The number of rotatable bonds is 4. The van der Waals surface area contributed by atoms with Crippen LogP contribution < -0.4 is 11.1 Å². The molecule has 0 bridgehead atoms. The molecule has 1 rings (SSSR count). The minimum atomic E-state index is 0.111. The fourth-order valence-electron chi connectivity index (χ4n) is 1.32. The molecule has 0 heterocycles. The summed E-state index contributed by atoms with van der Waals surface area (Å²) in [6.07, 6.45) is 0.